The number of hydrazone groups is 1. The number of phenolic OH excluding ortho intramolecular Hbond substituents is 1. The van der Waals surface area contributed by atoms with Gasteiger partial charge in [-0.1, -0.05) is 36.4 Å². The summed E-state index contributed by atoms with van der Waals surface area (Å²) >= 11 is 0. The number of phenols is 1. The summed E-state index contributed by atoms with van der Waals surface area (Å²) in [6, 6.07) is 16.0. The summed E-state index contributed by atoms with van der Waals surface area (Å²) in [4.78, 5) is 24.2. The van der Waals surface area contributed by atoms with E-state index in [1.165, 1.54) is 17.1 Å². The second-order valence-electron chi connectivity index (χ2n) is 5.78. The Morgan fingerprint density at radius 2 is 1.88 bits per heavy atom. The molecule has 0 spiro atoms. The molecule has 2 N–H and O–H groups in total. The molecular formula is C19H19N3O3. The van der Waals surface area contributed by atoms with Gasteiger partial charge in [0.2, 0.25) is 11.8 Å². The summed E-state index contributed by atoms with van der Waals surface area (Å²) in [6.07, 6.45) is 0.878. The van der Waals surface area contributed by atoms with Crippen LogP contribution in [0.25, 0.3) is 0 Å². The van der Waals surface area contributed by atoms with Crippen molar-refractivity contribution in [3.63, 3.8) is 0 Å². The molecule has 128 valence electrons. The van der Waals surface area contributed by atoms with Crippen LogP contribution in [0.4, 0.5) is 5.69 Å². The third kappa shape index (κ3) is 4.44. The monoisotopic (exact) mass is 337 g/mol. The summed E-state index contributed by atoms with van der Waals surface area (Å²) in [7, 11) is 0. The smallest absolute Gasteiger partial charge is 0.243 e. The van der Waals surface area contributed by atoms with E-state index in [2.05, 4.69) is 10.4 Å². The number of carbonyl (C=O) groups excluding carboxylic acids is 2. The fourth-order valence-corrected chi connectivity index (χ4v) is 2.63. The summed E-state index contributed by atoms with van der Waals surface area (Å²) in [5.41, 5.74) is 2.40. The van der Waals surface area contributed by atoms with Crippen molar-refractivity contribution in [2.24, 2.45) is 5.10 Å². The van der Waals surface area contributed by atoms with Gasteiger partial charge in [0.25, 0.3) is 0 Å². The molecule has 6 heteroatoms. The Kier molecular flexibility index (Phi) is 5.09. The molecule has 1 aliphatic heterocycles. The normalized spacial score (nSPS) is 13.4. The molecule has 2 amide bonds. The number of amides is 2. The molecule has 25 heavy (non-hydrogen) atoms. The molecule has 3 rings (SSSR count). The maximum atomic E-state index is 12.2. The molecule has 0 unspecified atom stereocenters. The van der Waals surface area contributed by atoms with Crippen molar-refractivity contribution in [1.29, 1.82) is 0 Å². The van der Waals surface area contributed by atoms with Crippen molar-refractivity contribution in [2.45, 2.75) is 19.3 Å². The standard InChI is InChI=1S/C19H19N3O3/c23-16-8-4-7-15(13-16)20-18(24)9-10-19(25)22-12-11-17(21-22)14-5-2-1-3-6-14/h1-8,13,23H,9-12H2,(H,20,24). The highest BCUT2D eigenvalue weighted by molar-refractivity contribution is 6.02. The van der Waals surface area contributed by atoms with Crippen LogP contribution < -0.4 is 5.32 Å². The van der Waals surface area contributed by atoms with E-state index in [1.807, 2.05) is 30.3 Å². The summed E-state index contributed by atoms with van der Waals surface area (Å²) < 4.78 is 0. The molecule has 1 aliphatic rings. The van der Waals surface area contributed by atoms with Crippen LogP contribution in [-0.4, -0.2) is 34.2 Å². The van der Waals surface area contributed by atoms with Crippen molar-refractivity contribution in [3.05, 3.63) is 60.2 Å². The van der Waals surface area contributed by atoms with Gasteiger partial charge in [-0.05, 0) is 17.7 Å². The first-order chi connectivity index (χ1) is 12.1. The van der Waals surface area contributed by atoms with Gasteiger partial charge in [-0.3, -0.25) is 9.59 Å². The molecule has 0 fully saturated rings. The number of nitrogens with zero attached hydrogens (tertiary/aromatic N) is 2. The Morgan fingerprint density at radius 1 is 1.08 bits per heavy atom. The van der Waals surface area contributed by atoms with Gasteiger partial charge in [-0.25, -0.2) is 5.01 Å². The first-order valence-corrected chi connectivity index (χ1v) is 8.14. The molecule has 6 nitrogen and oxygen atoms in total. The molecule has 1 heterocycles. The lowest BCUT2D eigenvalue weighted by molar-refractivity contribution is -0.132. The lowest BCUT2D eigenvalue weighted by atomic mass is 10.1. The van der Waals surface area contributed by atoms with Gasteiger partial charge < -0.3 is 10.4 Å². The summed E-state index contributed by atoms with van der Waals surface area (Å²) in [5.74, 6) is -0.365. The van der Waals surface area contributed by atoms with E-state index in [9.17, 15) is 14.7 Å². The topological polar surface area (TPSA) is 82.0 Å². The zero-order valence-corrected chi connectivity index (χ0v) is 13.7. The number of anilines is 1. The number of benzene rings is 2. The van der Waals surface area contributed by atoms with Crippen LogP contribution >= 0.6 is 0 Å². The van der Waals surface area contributed by atoms with Crippen LogP contribution in [0.2, 0.25) is 0 Å². The van der Waals surface area contributed by atoms with Crippen molar-refractivity contribution >= 4 is 23.2 Å². The maximum Gasteiger partial charge on any atom is 0.243 e. The van der Waals surface area contributed by atoms with E-state index in [1.54, 1.807) is 12.1 Å². The predicted molar refractivity (Wildman–Crippen MR) is 95.3 cm³/mol. The second kappa shape index (κ2) is 7.61. The quantitative estimate of drug-likeness (QED) is 0.880. The number of hydrogen-bond acceptors (Lipinski definition) is 4. The molecule has 0 aliphatic carbocycles. The number of nitrogens with one attached hydrogen (secondary N) is 1. The fraction of sp³-hybridized carbons (Fsp3) is 0.211. The van der Waals surface area contributed by atoms with E-state index < -0.39 is 0 Å². The van der Waals surface area contributed by atoms with Gasteiger partial charge in [-0.15, -0.1) is 0 Å². The average Bonchev–Trinajstić information content (AvgIpc) is 3.11. The lowest BCUT2D eigenvalue weighted by Gasteiger charge is -2.11. The van der Waals surface area contributed by atoms with Crippen LogP contribution in [-0.2, 0) is 9.59 Å². The molecule has 0 saturated carbocycles. The van der Waals surface area contributed by atoms with Gasteiger partial charge >= 0.3 is 0 Å². The molecule has 0 bridgehead atoms. The molecular weight excluding hydrogens is 318 g/mol. The number of carbonyl (C=O) groups is 2. The third-order valence-electron chi connectivity index (χ3n) is 3.89. The van der Waals surface area contributed by atoms with Crippen LogP contribution in [0.3, 0.4) is 0 Å². The average molecular weight is 337 g/mol. The minimum Gasteiger partial charge on any atom is -0.508 e. The first kappa shape index (κ1) is 16.7. The number of aromatic hydroxyl groups is 1. The van der Waals surface area contributed by atoms with Crippen molar-refractivity contribution in [2.75, 3.05) is 11.9 Å². The Balaban J connectivity index is 1.51. The van der Waals surface area contributed by atoms with Crippen LogP contribution in [0.5, 0.6) is 5.75 Å². The van der Waals surface area contributed by atoms with E-state index >= 15 is 0 Å². The third-order valence-corrected chi connectivity index (χ3v) is 3.89. The summed E-state index contributed by atoms with van der Waals surface area (Å²) in [5, 5.41) is 17.8. The first-order valence-electron chi connectivity index (χ1n) is 8.14. The Morgan fingerprint density at radius 3 is 2.64 bits per heavy atom. The van der Waals surface area contributed by atoms with E-state index in [4.69, 9.17) is 0 Å². The number of rotatable bonds is 5. The fourth-order valence-electron chi connectivity index (χ4n) is 2.63. The van der Waals surface area contributed by atoms with E-state index in [0.717, 1.165) is 11.3 Å². The second-order valence-corrected chi connectivity index (χ2v) is 5.78. The van der Waals surface area contributed by atoms with Gasteiger partial charge in [0.05, 0.1) is 12.3 Å². The van der Waals surface area contributed by atoms with Crippen LogP contribution in [0.1, 0.15) is 24.8 Å². The Hall–Kier alpha value is -3.15. The Bertz CT molecular complexity index is 803. The van der Waals surface area contributed by atoms with Crippen molar-refractivity contribution in [1.82, 2.24) is 5.01 Å². The van der Waals surface area contributed by atoms with Crippen LogP contribution in [0, 0.1) is 0 Å². The van der Waals surface area contributed by atoms with E-state index in [0.29, 0.717) is 18.7 Å². The van der Waals surface area contributed by atoms with Crippen molar-refractivity contribution < 1.29 is 14.7 Å². The molecule has 0 atom stereocenters. The SMILES string of the molecule is O=C(CCC(=O)N1CCC(c2ccccc2)=N1)Nc1cccc(O)c1. The Labute approximate surface area is 145 Å². The molecule has 0 saturated heterocycles. The van der Waals surface area contributed by atoms with E-state index in [-0.39, 0.29) is 30.4 Å². The zero-order valence-electron chi connectivity index (χ0n) is 13.7. The zero-order chi connectivity index (χ0) is 17.6. The van der Waals surface area contributed by atoms with Crippen molar-refractivity contribution in [3.8, 4) is 5.75 Å². The van der Waals surface area contributed by atoms with Gasteiger partial charge in [-0.2, -0.15) is 5.10 Å². The largest absolute Gasteiger partial charge is 0.508 e. The maximum absolute atomic E-state index is 12.2. The number of hydrogen-bond donors (Lipinski definition) is 2. The lowest BCUT2D eigenvalue weighted by Crippen LogP contribution is -2.24. The molecule has 0 radical (unpaired) electrons. The van der Waals surface area contributed by atoms with Gasteiger partial charge in [0.1, 0.15) is 5.75 Å². The highest BCUT2D eigenvalue weighted by Crippen LogP contribution is 2.17. The molecule has 0 aromatic heterocycles. The minimum atomic E-state index is -0.273. The van der Waals surface area contributed by atoms with Gasteiger partial charge in [0, 0.05) is 31.0 Å². The highest BCUT2D eigenvalue weighted by atomic mass is 16.3. The molecule has 2 aromatic rings. The predicted octanol–water partition coefficient (Wildman–Crippen LogP) is 2.75. The highest BCUT2D eigenvalue weighted by Gasteiger charge is 2.21. The van der Waals surface area contributed by atoms with Crippen LogP contribution in [0.15, 0.2) is 59.7 Å². The summed E-state index contributed by atoms with van der Waals surface area (Å²) in [6.45, 7) is 0.539. The molecule has 2 aromatic carbocycles. The minimum absolute atomic E-state index is 0.0706. The van der Waals surface area contributed by atoms with Gasteiger partial charge in [0.15, 0.2) is 0 Å².